The summed E-state index contributed by atoms with van der Waals surface area (Å²) in [4.78, 5) is 11.3. The lowest BCUT2D eigenvalue weighted by molar-refractivity contribution is 0.410. The second-order valence-electron chi connectivity index (χ2n) is 6.10. The SMILES string of the molecule is COc1ccccc1CNc1nccc(N2CCCC(C)C2)n1. The maximum absolute atomic E-state index is 5.38. The van der Waals surface area contributed by atoms with Gasteiger partial charge in [-0.15, -0.1) is 0 Å². The van der Waals surface area contributed by atoms with Crippen LogP contribution < -0.4 is 15.0 Å². The van der Waals surface area contributed by atoms with E-state index in [9.17, 15) is 0 Å². The molecular formula is C18H24N4O. The summed E-state index contributed by atoms with van der Waals surface area (Å²) in [5, 5.41) is 3.30. The number of benzene rings is 1. The first-order chi connectivity index (χ1) is 11.3. The van der Waals surface area contributed by atoms with Crippen molar-refractivity contribution in [1.82, 2.24) is 9.97 Å². The summed E-state index contributed by atoms with van der Waals surface area (Å²) in [5.41, 5.74) is 1.09. The zero-order valence-corrected chi connectivity index (χ0v) is 13.8. The first-order valence-electron chi connectivity index (χ1n) is 8.20. The fourth-order valence-electron chi connectivity index (χ4n) is 3.03. The lowest BCUT2D eigenvalue weighted by Gasteiger charge is -2.31. The number of methoxy groups -OCH3 is 1. The van der Waals surface area contributed by atoms with Crippen LogP contribution in [-0.2, 0) is 6.54 Å². The average Bonchev–Trinajstić information content (AvgIpc) is 2.60. The van der Waals surface area contributed by atoms with Crippen LogP contribution in [0.25, 0.3) is 0 Å². The van der Waals surface area contributed by atoms with Crippen LogP contribution >= 0.6 is 0 Å². The highest BCUT2D eigenvalue weighted by molar-refractivity contribution is 5.44. The Labute approximate surface area is 137 Å². The van der Waals surface area contributed by atoms with Crippen molar-refractivity contribution in [2.24, 2.45) is 5.92 Å². The normalized spacial score (nSPS) is 17.8. The fraction of sp³-hybridized carbons (Fsp3) is 0.444. The first-order valence-corrected chi connectivity index (χ1v) is 8.20. The van der Waals surface area contributed by atoms with Gasteiger partial charge in [0.15, 0.2) is 0 Å². The van der Waals surface area contributed by atoms with Crippen molar-refractivity contribution in [2.75, 3.05) is 30.4 Å². The molecule has 1 atom stereocenters. The molecule has 3 rings (SSSR count). The van der Waals surface area contributed by atoms with Crippen LogP contribution in [0, 0.1) is 5.92 Å². The van der Waals surface area contributed by atoms with Crippen LogP contribution in [0.2, 0.25) is 0 Å². The van der Waals surface area contributed by atoms with Gasteiger partial charge in [-0.25, -0.2) is 4.98 Å². The van der Waals surface area contributed by atoms with Crippen molar-refractivity contribution in [2.45, 2.75) is 26.3 Å². The minimum atomic E-state index is 0.643. The molecule has 0 radical (unpaired) electrons. The molecule has 1 saturated heterocycles. The van der Waals surface area contributed by atoms with E-state index in [1.807, 2.05) is 36.5 Å². The second-order valence-corrected chi connectivity index (χ2v) is 6.10. The van der Waals surface area contributed by atoms with E-state index < -0.39 is 0 Å². The fourth-order valence-corrected chi connectivity index (χ4v) is 3.03. The average molecular weight is 312 g/mol. The molecule has 1 aliphatic rings. The molecule has 1 aliphatic heterocycles. The second kappa shape index (κ2) is 7.31. The van der Waals surface area contributed by atoms with E-state index in [0.29, 0.717) is 12.5 Å². The van der Waals surface area contributed by atoms with Crippen LogP contribution in [0.5, 0.6) is 5.75 Å². The monoisotopic (exact) mass is 312 g/mol. The number of aromatic nitrogens is 2. The number of rotatable bonds is 5. The highest BCUT2D eigenvalue weighted by Gasteiger charge is 2.17. The van der Waals surface area contributed by atoms with E-state index >= 15 is 0 Å². The number of hydrogen-bond donors (Lipinski definition) is 1. The van der Waals surface area contributed by atoms with Crippen LogP contribution in [0.3, 0.4) is 0 Å². The Hall–Kier alpha value is -2.30. The van der Waals surface area contributed by atoms with Gasteiger partial charge in [0, 0.05) is 31.4 Å². The van der Waals surface area contributed by atoms with Crippen molar-refractivity contribution >= 4 is 11.8 Å². The molecule has 5 heteroatoms. The van der Waals surface area contributed by atoms with Crippen molar-refractivity contribution in [3.8, 4) is 5.75 Å². The molecule has 1 aromatic carbocycles. The predicted octanol–water partition coefficient (Wildman–Crippen LogP) is 3.33. The molecule has 0 spiro atoms. The van der Waals surface area contributed by atoms with Gasteiger partial charge >= 0.3 is 0 Å². The van der Waals surface area contributed by atoms with E-state index in [1.165, 1.54) is 12.8 Å². The molecule has 0 amide bonds. The quantitative estimate of drug-likeness (QED) is 0.917. The summed E-state index contributed by atoms with van der Waals surface area (Å²) in [7, 11) is 1.69. The van der Waals surface area contributed by atoms with Crippen LogP contribution in [0.1, 0.15) is 25.3 Å². The Morgan fingerprint density at radius 3 is 3.00 bits per heavy atom. The van der Waals surface area contributed by atoms with Gasteiger partial charge in [-0.1, -0.05) is 25.1 Å². The van der Waals surface area contributed by atoms with Crippen molar-refractivity contribution in [3.05, 3.63) is 42.1 Å². The van der Waals surface area contributed by atoms with Crippen LogP contribution in [0.4, 0.5) is 11.8 Å². The number of hydrogen-bond acceptors (Lipinski definition) is 5. The summed E-state index contributed by atoms with van der Waals surface area (Å²) < 4.78 is 5.38. The van der Waals surface area contributed by atoms with Gasteiger partial charge in [-0.3, -0.25) is 0 Å². The van der Waals surface area contributed by atoms with E-state index in [4.69, 9.17) is 4.74 Å². The number of ether oxygens (including phenoxy) is 1. The maximum Gasteiger partial charge on any atom is 0.224 e. The lowest BCUT2D eigenvalue weighted by Crippen LogP contribution is -2.34. The highest BCUT2D eigenvalue weighted by Crippen LogP contribution is 2.22. The summed E-state index contributed by atoms with van der Waals surface area (Å²) >= 11 is 0. The van der Waals surface area contributed by atoms with Gasteiger partial charge in [0.1, 0.15) is 11.6 Å². The molecule has 2 aromatic rings. The lowest BCUT2D eigenvalue weighted by atomic mass is 10.0. The van der Waals surface area contributed by atoms with E-state index in [1.54, 1.807) is 7.11 Å². The number of para-hydroxylation sites is 1. The van der Waals surface area contributed by atoms with Crippen LogP contribution in [-0.4, -0.2) is 30.2 Å². The van der Waals surface area contributed by atoms with Gasteiger partial charge in [-0.05, 0) is 30.9 Å². The number of piperidine rings is 1. The minimum Gasteiger partial charge on any atom is -0.496 e. The maximum atomic E-state index is 5.38. The Kier molecular flexibility index (Phi) is 4.95. The molecule has 1 aromatic heterocycles. The summed E-state index contributed by atoms with van der Waals surface area (Å²) in [6.07, 6.45) is 4.36. The molecule has 23 heavy (non-hydrogen) atoms. The zero-order chi connectivity index (χ0) is 16.1. The van der Waals surface area contributed by atoms with Gasteiger partial charge in [0.05, 0.1) is 7.11 Å². The van der Waals surface area contributed by atoms with Gasteiger partial charge in [-0.2, -0.15) is 4.98 Å². The Balaban J connectivity index is 1.68. The topological polar surface area (TPSA) is 50.3 Å². The molecule has 1 N–H and O–H groups in total. The van der Waals surface area contributed by atoms with Crippen molar-refractivity contribution in [1.29, 1.82) is 0 Å². The van der Waals surface area contributed by atoms with E-state index in [-0.39, 0.29) is 0 Å². The minimum absolute atomic E-state index is 0.643. The molecule has 5 nitrogen and oxygen atoms in total. The van der Waals surface area contributed by atoms with Gasteiger partial charge < -0.3 is 15.0 Å². The molecule has 0 aliphatic carbocycles. The molecule has 1 unspecified atom stereocenters. The molecule has 0 bridgehead atoms. The summed E-state index contributed by atoms with van der Waals surface area (Å²) in [6, 6.07) is 9.97. The molecule has 1 fully saturated rings. The Morgan fingerprint density at radius 1 is 1.30 bits per heavy atom. The number of nitrogens with zero attached hydrogens (tertiary/aromatic N) is 3. The molecule has 0 saturated carbocycles. The Bertz CT molecular complexity index is 646. The highest BCUT2D eigenvalue weighted by atomic mass is 16.5. The summed E-state index contributed by atoms with van der Waals surface area (Å²) in [5.74, 6) is 3.27. The number of nitrogens with one attached hydrogen (secondary N) is 1. The van der Waals surface area contributed by atoms with E-state index in [0.717, 1.165) is 36.1 Å². The van der Waals surface area contributed by atoms with Crippen molar-refractivity contribution < 1.29 is 4.74 Å². The molecule has 2 heterocycles. The molecule has 122 valence electrons. The van der Waals surface area contributed by atoms with Gasteiger partial charge in [0.25, 0.3) is 0 Å². The third kappa shape index (κ3) is 3.92. The molecular weight excluding hydrogens is 288 g/mol. The summed E-state index contributed by atoms with van der Waals surface area (Å²) in [6.45, 7) is 5.09. The van der Waals surface area contributed by atoms with Crippen molar-refractivity contribution in [3.63, 3.8) is 0 Å². The smallest absolute Gasteiger partial charge is 0.224 e. The largest absolute Gasteiger partial charge is 0.496 e. The zero-order valence-electron chi connectivity index (χ0n) is 13.8. The Morgan fingerprint density at radius 2 is 2.17 bits per heavy atom. The standard InChI is InChI=1S/C18H24N4O/c1-14-6-5-11-22(13-14)17-9-10-19-18(21-17)20-12-15-7-3-4-8-16(15)23-2/h3-4,7-10,14H,5-6,11-13H2,1-2H3,(H,19,20,21). The first kappa shape index (κ1) is 15.6. The predicted molar refractivity (Wildman–Crippen MR) is 93.0 cm³/mol. The van der Waals surface area contributed by atoms with Gasteiger partial charge in [0.2, 0.25) is 5.95 Å². The third-order valence-electron chi connectivity index (χ3n) is 4.25. The third-order valence-corrected chi connectivity index (χ3v) is 4.25. The van der Waals surface area contributed by atoms with E-state index in [2.05, 4.69) is 27.1 Å². The number of anilines is 2. The van der Waals surface area contributed by atoms with Crippen LogP contribution in [0.15, 0.2) is 36.5 Å².